The van der Waals surface area contributed by atoms with Crippen LogP contribution >= 0.6 is 12.2 Å². The lowest BCUT2D eigenvalue weighted by Gasteiger charge is -2.08. The topological polar surface area (TPSA) is 85.1 Å². The predicted molar refractivity (Wildman–Crippen MR) is 87.5 cm³/mol. The number of aromatic nitrogens is 1. The zero-order valence-corrected chi connectivity index (χ0v) is 13.0. The zero-order valence-electron chi connectivity index (χ0n) is 11.4. The van der Waals surface area contributed by atoms with E-state index in [0.29, 0.717) is 16.9 Å². The van der Waals surface area contributed by atoms with E-state index in [1.54, 1.807) is 42.6 Å². The zero-order chi connectivity index (χ0) is 15.5. The summed E-state index contributed by atoms with van der Waals surface area (Å²) in [5.74, 6) is 0.138. The van der Waals surface area contributed by atoms with E-state index in [2.05, 4.69) is 9.71 Å². The van der Waals surface area contributed by atoms with Gasteiger partial charge in [-0.05, 0) is 36.2 Å². The number of benzene rings is 1. The molecule has 0 unspecified atom stereocenters. The van der Waals surface area contributed by atoms with Crippen LogP contribution in [0.3, 0.4) is 0 Å². The van der Waals surface area contributed by atoms with E-state index in [0.717, 1.165) is 5.56 Å². The number of nitrogens with two attached hydrogens (primary N) is 1. The highest BCUT2D eigenvalue weighted by atomic mass is 32.2. The smallest absolute Gasteiger partial charge is 0.238 e. The number of anilines is 1. The summed E-state index contributed by atoms with van der Waals surface area (Å²) < 4.78 is 26.7. The highest BCUT2D eigenvalue weighted by Gasteiger charge is 2.13. The molecule has 110 valence electrons. The van der Waals surface area contributed by atoms with Gasteiger partial charge < -0.3 is 5.73 Å². The minimum atomic E-state index is -3.54. The summed E-state index contributed by atoms with van der Waals surface area (Å²) in [6, 6.07) is 10.3. The van der Waals surface area contributed by atoms with Gasteiger partial charge in [0.1, 0.15) is 10.8 Å². The van der Waals surface area contributed by atoms with E-state index in [-0.39, 0.29) is 10.7 Å². The van der Waals surface area contributed by atoms with Gasteiger partial charge in [0.05, 0.1) is 5.75 Å². The Balaban J connectivity index is 2.18. The van der Waals surface area contributed by atoms with Gasteiger partial charge in [-0.25, -0.2) is 13.4 Å². The van der Waals surface area contributed by atoms with E-state index < -0.39 is 10.0 Å². The van der Waals surface area contributed by atoms with Crippen molar-refractivity contribution in [3.63, 3.8) is 0 Å². The van der Waals surface area contributed by atoms with E-state index in [9.17, 15) is 8.42 Å². The largest absolute Gasteiger partial charge is 0.389 e. The van der Waals surface area contributed by atoms with Crippen LogP contribution < -0.4 is 10.5 Å². The lowest BCUT2D eigenvalue weighted by atomic mass is 10.1. The minimum Gasteiger partial charge on any atom is -0.389 e. The quantitative estimate of drug-likeness (QED) is 0.822. The van der Waals surface area contributed by atoms with Gasteiger partial charge in [-0.1, -0.05) is 30.4 Å². The molecule has 0 aliphatic carbocycles. The summed E-state index contributed by atoms with van der Waals surface area (Å²) in [6.07, 6.45) is 1.56. The van der Waals surface area contributed by atoms with Crippen LogP contribution in [0.1, 0.15) is 16.7 Å². The van der Waals surface area contributed by atoms with Crippen LogP contribution in [0.15, 0.2) is 42.6 Å². The molecule has 7 heteroatoms. The fraction of sp³-hybridized carbons (Fsp3) is 0.143. The maximum atomic E-state index is 12.1. The number of hydrogen-bond donors (Lipinski definition) is 2. The Bertz CT molecular complexity index is 773. The van der Waals surface area contributed by atoms with Gasteiger partial charge in [0, 0.05) is 11.8 Å². The van der Waals surface area contributed by atoms with Crippen LogP contribution in [-0.2, 0) is 15.8 Å². The molecule has 1 aromatic carbocycles. The lowest BCUT2D eigenvalue weighted by Crippen LogP contribution is -2.16. The van der Waals surface area contributed by atoms with Crippen LogP contribution in [0.5, 0.6) is 0 Å². The molecule has 5 nitrogen and oxygen atoms in total. The lowest BCUT2D eigenvalue weighted by molar-refractivity contribution is 0.600. The summed E-state index contributed by atoms with van der Waals surface area (Å²) in [6.45, 7) is 1.87. The van der Waals surface area contributed by atoms with Gasteiger partial charge in [0.15, 0.2) is 0 Å². The Morgan fingerprint density at radius 2 is 2.10 bits per heavy atom. The third kappa shape index (κ3) is 4.51. The molecule has 1 aromatic heterocycles. The Morgan fingerprint density at radius 3 is 2.76 bits per heavy atom. The molecule has 0 aliphatic rings. The highest BCUT2D eigenvalue weighted by Crippen LogP contribution is 2.13. The van der Waals surface area contributed by atoms with Crippen molar-refractivity contribution in [2.45, 2.75) is 12.7 Å². The normalized spacial score (nSPS) is 11.1. The molecule has 0 amide bonds. The number of nitrogens with zero attached hydrogens (tertiary/aromatic N) is 1. The highest BCUT2D eigenvalue weighted by molar-refractivity contribution is 7.91. The summed E-state index contributed by atoms with van der Waals surface area (Å²) in [5, 5.41) is 0. The first-order valence-corrected chi connectivity index (χ1v) is 8.24. The predicted octanol–water partition coefficient (Wildman–Crippen LogP) is 1.97. The van der Waals surface area contributed by atoms with Gasteiger partial charge >= 0.3 is 0 Å². The fourth-order valence-corrected chi connectivity index (χ4v) is 3.07. The van der Waals surface area contributed by atoms with Crippen molar-refractivity contribution in [1.82, 2.24) is 4.98 Å². The molecule has 2 rings (SSSR count). The van der Waals surface area contributed by atoms with Gasteiger partial charge in [-0.15, -0.1) is 0 Å². The molecule has 0 fully saturated rings. The molecule has 0 spiro atoms. The summed E-state index contributed by atoms with van der Waals surface area (Å²) in [7, 11) is -3.54. The first kappa shape index (κ1) is 15.4. The van der Waals surface area contributed by atoms with Crippen molar-refractivity contribution in [2.24, 2.45) is 5.73 Å². The number of sulfonamides is 1. The standard InChI is InChI=1S/C14H15N3O2S2/c1-10-5-6-16-13(7-10)17-21(18,19)9-11-3-2-4-12(8-11)14(15)20/h2-8H,9H2,1H3,(H2,15,20)(H,16,17). The maximum Gasteiger partial charge on any atom is 0.238 e. The number of pyridine rings is 1. The van der Waals surface area contributed by atoms with Crippen molar-refractivity contribution >= 4 is 33.0 Å². The third-order valence-electron chi connectivity index (χ3n) is 2.74. The minimum absolute atomic E-state index is 0.168. The molecule has 0 bridgehead atoms. The molecule has 3 N–H and O–H groups in total. The number of rotatable bonds is 5. The van der Waals surface area contributed by atoms with Crippen LogP contribution in [0.25, 0.3) is 0 Å². The second kappa shape index (κ2) is 6.19. The second-order valence-electron chi connectivity index (χ2n) is 4.64. The molecule has 1 heterocycles. The average molecular weight is 321 g/mol. The van der Waals surface area contributed by atoms with E-state index in [4.69, 9.17) is 18.0 Å². The summed E-state index contributed by atoms with van der Waals surface area (Å²) >= 11 is 4.88. The monoisotopic (exact) mass is 321 g/mol. The molecular formula is C14H15N3O2S2. The van der Waals surface area contributed by atoms with Crippen molar-refractivity contribution in [2.75, 3.05) is 4.72 Å². The van der Waals surface area contributed by atoms with Crippen LogP contribution in [0.4, 0.5) is 5.82 Å². The number of aryl methyl sites for hydroxylation is 1. The molecule has 21 heavy (non-hydrogen) atoms. The van der Waals surface area contributed by atoms with E-state index in [1.807, 2.05) is 6.92 Å². The number of nitrogens with one attached hydrogen (secondary N) is 1. The number of thiocarbonyl (C=S) groups is 1. The third-order valence-corrected chi connectivity index (χ3v) is 4.21. The van der Waals surface area contributed by atoms with Crippen molar-refractivity contribution in [3.8, 4) is 0 Å². The van der Waals surface area contributed by atoms with Crippen LogP contribution in [0.2, 0.25) is 0 Å². The molecule has 2 aromatic rings. The van der Waals surface area contributed by atoms with Gasteiger partial charge in [-0.3, -0.25) is 4.72 Å². The van der Waals surface area contributed by atoms with Gasteiger partial charge in [0.25, 0.3) is 0 Å². The first-order chi connectivity index (χ1) is 9.85. The van der Waals surface area contributed by atoms with Crippen molar-refractivity contribution in [3.05, 3.63) is 59.3 Å². The second-order valence-corrected chi connectivity index (χ2v) is 6.81. The van der Waals surface area contributed by atoms with Crippen molar-refractivity contribution in [1.29, 1.82) is 0 Å². The van der Waals surface area contributed by atoms with Crippen LogP contribution in [0, 0.1) is 6.92 Å². The fourth-order valence-electron chi connectivity index (χ4n) is 1.82. The molecular weight excluding hydrogens is 306 g/mol. The molecule has 0 atom stereocenters. The van der Waals surface area contributed by atoms with E-state index in [1.165, 1.54) is 0 Å². The molecule has 0 radical (unpaired) electrons. The van der Waals surface area contributed by atoms with Crippen LogP contribution in [-0.4, -0.2) is 18.4 Å². The maximum absolute atomic E-state index is 12.1. The van der Waals surface area contributed by atoms with Gasteiger partial charge in [-0.2, -0.15) is 0 Å². The first-order valence-electron chi connectivity index (χ1n) is 6.18. The average Bonchev–Trinajstić information content (AvgIpc) is 2.37. The summed E-state index contributed by atoms with van der Waals surface area (Å²) in [4.78, 5) is 4.22. The van der Waals surface area contributed by atoms with Crippen molar-refractivity contribution < 1.29 is 8.42 Å². The Labute approximate surface area is 129 Å². The summed E-state index contributed by atoms with van der Waals surface area (Å²) in [5.41, 5.74) is 7.73. The molecule has 0 aliphatic heterocycles. The SMILES string of the molecule is Cc1ccnc(NS(=O)(=O)Cc2cccc(C(N)=S)c2)c1. The van der Waals surface area contributed by atoms with Gasteiger partial charge in [0.2, 0.25) is 10.0 Å². The Kier molecular flexibility index (Phi) is 4.54. The molecule has 0 saturated heterocycles. The number of hydrogen-bond acceptors (Lipinski definition) is 4. The van der Waals surface area contributed by atoms with E-state index >= 15 is 0 Å². The Hall–Kier alpha value is -1.99. The molecule has 0 saturated carbocycles. The Morgan fingerprint density at radius 1 is 1.33 bits per heavy atom.